The molecule has 112 valence electrons. The smallest absolute Gasteiger partial charge is 0.417 e. The fourth-order valence-corrected chi connectivity index (χ4v) is 2.18. The third kappa shape index (κ3) is 2.92. The van der Waals surface area contributed by atoms with E-state index in [1.54, 1.807) is 6.92 Å². The van der Waals surface area contributed by atoms with Crippen molar-refractivity contribution in [3.05, 3.63) is 29.3 Å². The lowest BCUT2D eigenvalue weighted by Gasteiger charge is -2.23. The van der Waals surface area contributed by atoms with Crippen molar-refractivity contribution in [2.75, 3.05) is 11.4 Å². The maximum atomic E-state index is 12.9. The number of carboxylic acid groups (broad SMARTS) is 1. The van der Waals surface area contributed by atoms with Crippen LogP contribution in [0.25, 0.3) is 0 Å². The molecule has 1 N–H and O–H groups in total. The predicted octanol–water partition coefficient (Wildman–Crippen LogP) is 2.21. The van der Waals surface area contributed by atoms with E-state index in [4.69, 9.17) is 15.1 Å². The van der Waals surface area contributed by atoms with Gasteiger partial charge in [-0.05, 0) is 25.1 Å². The summed E-state index contributed by atoms with van der Waals surface area (Å²) in [5, 5.41) is 17.6. The quantitative estimate of drug-likeness (QED) is 0.906. The number of halogens is 3. The standard InChI is InChI=1S/C13H11F3N2O3/c1-7-18(6-11(21-7)12(19)20)9-3-2-8(5-17)10(4-9)13(14,15)16/h2-4,7,11H,6H2,1H3,(H,19,20)/t7-,11+/m1/s1. The Bertz CT molecular complexity index is 610. The zero-order chi connectivity index (χ0) is 15.8. The summed E-state index contributed by atoms with van der Waals surface area (Å²) in [6, 6.07) is 4.74. The fraction of sp³-hybridized carbons (Fsp3) is 0.385. The summed E-state index contributed by atoms with van der Waals surface area (Å²) in [6.07, 6.45) is -6.41. The zero-order valence-electron chi connectivity index (χ0n) is 10.9. The lowest BCUT2D eigenvalue weighted by molar-refractivity contribution is -0.148. The number of aliphatic carboxylic acids is 1. The summed E-state index contributed by atoms with van der Waals surface area (Å²) in [5.41, 5.74) is -1.36. The monoisotopic (exact) mass is 300 g/mol. The molecule has 1 heterocycles. The molecule has 1 fully saturated rings. The lowest BCUT2D eigenvalue weighted by Crippen LogP contribution is -2.29. The Labute approximate surface area is 118 Å². The molecule has 0 radical (unpaired) electrons. The molecule has 0 saturated carbocycles. The number of rotatable bonds is 2. The highest BCUT2D eigenvalue weighted by Crippen LogP contribution is 2.35. The van der Waals surface area contributed by atoms with E-state index in [2.05, 4.69) is 0 Å². The minimum atomic E-state index is -4.66. The summed E-state index contributed by atoms with van der Waals surface area (Å²) in [7, 11) is 0. The van der Waals surface area contributed by atoms with E-state index in [0.29, 0.717) is 0 Å². The number of ether oxygens (including phenoxy) is 1. The maximum Gasteiger partial charge on any atom is 0.417 e. The van der Waals surface area contributed by atoms with Gasteiger partial charge in [-0.15, -0.1) is 0 Å². The molecule has 8 heteroatoms. The number of hydrogen-bond acceptors (Lipinski definition) is 4. The van der Waals surface area contributed by atoms with Crippen LogP contribution < -0.4 is 4.90 Å². The van der Waals surface area contributed by atoms with Crippen LogP contribution in [0.15, 0.2) is 18.2 Å². The van der Waals surface area contributed by atoms with Crippen LogP contribution >= 0.6 is 0 Å². The van der Waals surface area contributed by atoms with Gasteiger partial charge in [-0.25, -0.2) is 4.79 Å². The van der Waals surface area contributed by atoms with E-state index in [1.165, 1.54) is 17.0 Å². The Morgan fingerprint density at radius 2 is 2.19 bits per heavy atom. The molecule has 1 aliphatic rings. The second-order valence-electron chi connectivity index (χ2n) is 4.55. The van der Waals surface area contributed by atoms with Gasteiger partial charge in [0.05, 0.1) is 23.7 Å². The number of nitrogens with zero attached hydrogens (tertiary/aromatic N) is 2. The van der Waals surface area contributed by atoms with E-state index >= 15 is 0 Å². The highest BCUT2D eigenvalue weighted by atomic mass is 19.4. The SMILES string of the molecule is C[C@H]1O[C@H](C(=O)O)CN1c1ccc(C#N)c(C(F)(F)F)c1. The first-order valence-corrected chi connectivity index (χ1v) is 6.00. The lowest BCUT2D eigenvalue weighted by atomic mass is 10.1. The number of anilines is 1. The Kier molecular flexibility index (Phi) is 3.78. The first kappa shape index (κ1) is 15.1. The van der Waals surface area contributed by atoms with Crippen LogP contribution in [0.3, 0.4) is 0 Å². The van der Waals surface area contributed by atoms with Crippen LogP contribution in [-0.4, -0.2) is 30.0 Å². The maximum absolute atomic E-state index is 12.9. The molecule has 0 bridgehead atoms. The summed E-state index contributed by atoms with van der Waals surface area (Å²) in [5.74, 6) is -1.17. The van der Waals surface area contributed by atoms with Crippen molar-refractivity contribution in [2.24, 2.45) is 0 Å². The summed E-state index contributed by atoms with van der Waals surface area (Å²) >= 11 is 0. The normalized spacial score (nSPS) is 22.1. The second-order valence-corrected chi connectivity index (χ2v) is 4.55. The van der Waals surface area contributed by atoms with Gasteiger partial charge in [0, 0.05) is 5.69 Å². The van der Waals surface area contributed by atoms with E-state index < -0.39 is 35.6 Å². The van der Waals surface area contributed by atoms with Crippen LogP contribution in [0.5, 0.6) is 0 Å². The van der Waals surface area contributed by atoms with Crippen LogP contribution in [0, 0.1) is 11.3 Å². The third-order valence-electron chi connectivity index (χ3n) is 3.20. The van der Waals surface area contributed by atoms with Gasteiger partial charge in [-0.2, -0.15) is 18.4 Å². The van der Waals surface area contributed by atoms with Crippen molar-refractivity contribution in [1.82, 2.24) is 0 Å². The first-order valence-electron chi connectivity index (χ1n) is 6.00. The largest absolute Gasteiger partial charge is 0.479 e. The van der Waals surface area contributed by atoms with Gasteiger partial charge in [0.25, 0.3) is 0 Å². The third-order valence-corrected chi connectivity index (χ3v) is 3.20. The molecule has 2 atom stereocenters. The van der Waals surface area contributed by atoms with Gasteiger partial charge in [-0.3, -0.25) is 0 Å². The van der Waals surface area contributed by atoms with Crippen LogP contribution in [0.4, 0.5) is 18.9 Å². The summed E-state index contributed by atoms with van der Waals surface area (Å²) in [6.45, 7) is 1.49. The van der Waals surface area contributed by atoms with Gasteiger partial charge in [0.1, 0.15) is 6.23 Å². The molecule has 0 spiro atoms. The molecule has 0 aliphatic carbocycles. The number of carbonyl (C=O) groups is 1. The van der Waals surface area contributed by atoms with Crippen LogP contribution in [0.1, 0.15) is 18.1 Å². The second kappa shape index (κ2) is 5.26. The molecule has 0 unspecified atom stereocenters. The molecule has 0 aromatic heterocycles. The van der Waals surface area contributed by atoms with Crippen LogP contribution in [0.2, 0.25) is 0 Å². The molecule has 1 saturated heterocycles. The van der Waals surface area contributed by atoms with Gasteiger partial charge in [-0.1, -0.05) is 0 Å². The molecular weight excluding hydrogens is 289 g/mol. The molecule has 2 rings (SSSR count). The molecule has 0 amide bonds. The van der Waals surface area contributed by atoms with Gasteiger partial charge >= 0.3 is 12.1 Å². The Balaban J connectivity index is 2.38. The Morgan fingerprint density at radius 1 is 1.52 bits per heavy atom. The molecule has 1 aromatic rings. The van der Waals surface area contributed by atoms with Gasteiger partial charge in [0.15, 0.2) is 6.10 Å². The predicted molar refractivity (Wildman–Crippen MR) is 65.5 cm³/mol. The first-order chi connectivity index (χ1) is 9.74. The summed E-state index contributed by atoms with van der Waals surface area (Å²) < 4.78 is 43.9. The minimum Gasteiger partial charge on any atom is -0.479 e. The van der Waals surface area contributed by atoms with Crippen molar-refractivity contribution in [2.45, 2.75) is 25.4 Å². The summed E-state index contributed by atoms with van der Waals surface area (Å²) in [4.78, 5) is 12.3. The van der Waals surface area contributed by atoms with E-state index in [9.17, 15) is 18.0 Å². The number of hydrogen-bond donors (Lipinski definition) is 1. The average molecular weight is 300 g/mol. The van der Waals surface area contributed by atoms with Crippen molar-refractivity contribution >= 4 is 11.7 Å². The average Bonchev–Trinajstić information content (AvgIpc) is 2.79. The van der Waals surface area contributed by atoms with Crippen molar-refractivity contribution in [3.8, 4) is 6.07 Å². The van der Waals surface area contributed by atoms with Crippen molar-refractivity contribution in [3.63, 3.8) is 0 Å². The molecular formula is C13H11F3N2O3. The number of carboxylic acids is 1. The number of nitriles is 1. The molecule has 1 aromatic carbocycles. The fourth-order valence-electron chi connectivity index (χ4n) is 2.18. The van der Waals surface area contributed by atoms with E-state index in [1.807, 2.05) is 0 Å². The molecule has 1 aliphatic heterocycles. The van der Waals surface area contributed by atoms with Gasteiger partial charge < -0.3 is 14.7 Å². The minimum absolute atomic E-state index is 0.0559. The molecule has 5 nitrogen and oxygen atoms in total. The van der Waals surface area contributed by atoms with E-state index in [0.717, 1.165) is 12.1 Å². The zero-order valence-corrected chi connectivity index (χ0v) is 10.9. The van der Waals surface area contributed by atoms with Crippen LogP contribution in [-0.2, 0) is 15.7 Å². The Hall–Kier alpha value is -2.27. The van der Waals surface area contributed by atoms with Crippen molar-refractivity contribution in [1.29, 1.82) is 5.26 Å². The number of benzene rings is 1. The highest BCUT2D eigenvalue weighted by molar-refractivity contribution is 5.74. The van der Waals surface area contributed by atoms with Crippen molar-refractivity contribution < 1.29 is 27.8 Å². The Morgan fingerprint density at radius 3 is 2.67 bits per heavy atom. The van der Waals surface area contributed by atoms with Gasteiger partial charge in [0.2, 0.25) is 0 Å². The highest BCUT2D eigenvalue weighted by Gasteiger charge is 2.37. The molecule has 21 heavy (non-hydrogen) atoms. The van der Waals surface area contributed by atoms with E-state index in [-0.39, 0.29) is 12.2 Å². The topological polar surface area (TPSA) is 73.6 Å². The number of alkyl halides is 3.